The van der Waals surface area contributed by atoms with Gasteiger partial charge < -0.3 is 19.1 Å². The summed E-state index contributed by atoms with van der Waals surface area (Å²) in [4.78, 5) is 19.0. The topological polar surface area (TPSA) is 60.9 Å². The van der Waals surface area contributed by atoms with Gasteiger partial charge in [-0.1, -0.05) is 12.1 Å². The van der Waals surface area contributed by atoms with E-state index in [1.807, 2.05) is 35.2 Å². The molecule has 6 heteroatoms. The average molecular weight is 356 g/mol. The predicted molar refractivity (Wildman–Crippen MR) is 97.2 cm³/mol. The molecule has 1 aromatic heterocycles. The molecule has 0 fully saturated rings. The third-order valence-corrected chi connectivity index (χ3v) is 4.52. The summed E-state index contributed by atoms with van der Waals surface area (Å²) in [7, 11) is 3.26. The molecule has 1 atom stereocenters. The van der Waals surface area contributed by atoms with Crippen molar-refractivity contribution in [3.8, 4) is 11.5 Å². The quantitative estimate of drug-likeness (QED) is 0.762. The highest BCUT2D eigenvalue weighted by molar-refractivity contribution is 5.80. The molecule has 1 aromatic carbocycles. The number of aromatic nitrogens is 1. The van der Waals surface area contributed by atoms with E-state index >= 15 is 0 Å². The fraction of sp³-hybridized carbons (Fsp3) is 0.400. The molecule has 0 bridgehead atoms. The Hall–Kier alpha value is -2.60. The van der Waals surface area contributed by atoms with E-state index in [4.69, 9.17) is 14.2 Å². The lowest BCUT2D eigenvalue weighted by molar-refractivity contribution is -0.138. The maximum atomic E-state index is 13.1. The first-order valence-corrected chi connectivity index (χ1v) is 8.68. The number of carbonyl (C=O) groups is 1. The van der Waals surface area contributed by atoms with E-state index in [0.29, 0.717) is 38.5 Å². The van der Waals surface area contributed by atoms with Crippen molar-refractivity contribution in [1.29, 1.82) is 0 Å². The van der Waals surface area contributed by atoms with Crippen LogP contribution in [-0.2, 0) is 22.5 Å². The summed E-state index contributed by atoms with van der Waals surface area (Å²) in [6.45, 7) is 1.92. The minimum atomic E-state index is -0.215. The molecule has 0 radical (unpaired) electrons. The molecule has 3 rings (SSSR count). The zero-order valence-corrected chi connectivity index (χ0v) is 15.2. The molecular weight excluding hydrogens is 332 g/mol. The number of benzene rings is 1. The van der Waals surface area contributed by atoms with Gasteiger partial charge in [-0.15, -0.1) is 0 Å². The number of hydrogen-bond acceptors (Lipinski definition) is 5. The molecule has 0 aliphatic carbocycles. The zero-order chi connectivity index (χ0) is 18.4. The highest BCUT2D eigenvalue weighted by Crippen LogP contribution is 2.36. The summed E-state index contributed by atoms with van der Waals surface area (Å²) in [6, 6.07) is 9.62. The van der Waals surface area contributed by atoms with Crippen LogP contribution in [-0.4, -0.2) is 49.8 Å². The van der Waals surface area contributed by atoms with Crippen molar-refractivity contribution in [2.45, 2.75) is 13.0 Å². The molecule has 138 valence electrons. The Balaban J connectivity index is 1.74. The summed E-state index contributed by atoms with van der Waals surface area (Å²) in [5, 5.41) is 0. The van der Waals surface area contributed by atoms with Crippen LogP contribution < -0.4 is 9.47 Å². The lowest BCUT2D eigenvalue weighted by Gasteiger charge is -2.31. The van der Waals surface area contributed by atoms with Crippen molar-refractivity contribution in [3.63, 3.8) is 0 Å². The standard InChI is InChI=1S/C20H24N2O4/c1-24-11-10-22(13-15-6-8-21-9-7-15)20(23)17-12-16-4-3-5-18(25-2)19(16)26-14-17/h3-9,17H,10-14H2,1-2H3/t17-/m0/s1. The Morgan fingerprint density at radius 1 is 1.27 bits per heavy atom. The highest BCUT2D eigenvalue weighted by Gasteiger charge is 2.30. The summed E-state index contributed by atoms with van der Waals surface area (Å²) >= 11 is 0. The van der Waals surface area contributed by atoms with Crippen LogP contribution >= 0.6 is 0 Å². The number of pyridine rings is 1. The second-order valence-electron chi connectivity index (χ2n) is 6.27. The number of para-hydroxylation sites is 1. The van der Waals surface area contributed by atoms with Crippen LogP contribution in [0.3, 0.4) is 0 Å². The van der Waals surface area contributed by atoms with Gasteiger partial charge in [0, 0.05) is 32.6 Å². The first-order chi connectivity index (χ1) is 12.7. The number of ether oxygens (including phenoxy) is 3. The molecule has 0 N–H and O–H groups in total. The summed E-state index contributed by atoms with van der Waals surface area (Å²) in [5.74, 6) is 1.32. The number of fused-ring (bicyclic) bond motifs is 1. The van der Waals surface area contributed by atoms with Crippen molar-refractivity contribution in [3.05, 3.63) is 53.9 Å². The summed E-state index contributed by atoms with van der Waals surface area (Å²) < 4.78 is 16.4. The van der Waals surface area contributed by atoms with Gasteiger partial charge in [-0.2, -0.15) is 0 Å². The smallest absolute Gasteiger partial charge is 0.229 e. The van der Waals surface area contributed by atoms with Crippen molar-refractivity contribution in [2.24, 2.45) is 5.92 Å². The van der Waals surface area contributed by atoms with E-state index < -0.39 is 0 Å². The summed E-state index contributed by atoms with van der Waals surface area (Å²) in [5.41, 5.74) is 2.05. The van der Waals surface area contributed by atoms with E-state index in [-0.39, 0.29) is 11.8 Å². The van der Waals surface area contributed by atoms with Crippen molar-refractivity contribution < 1.29 is 19.0 Å². The van der Waals surface area contributed by atoms with Crippen molar-refractivity contribution in [1.82, 2.24) is 9.88 Å². The number of carbonyl (C=O) groups excluding carboxylic acids is 1. The lowest BCUT2D eigenvalue weighted by atomic mass is 9.95. The third-order valence-electron chi connectivity index (χ3n) is 4.52. The molecule has 2 aromatic rings. The van der Waals surface area contributed by atoms with Gasteiger partial charge in [0.1, 0.15) is 6.61 Å². The Kier molecular flexibility index (Phi) is 6.07. The van der Waals surface area contributed by atoms with Gasteiger partial charge in [-0.05, 0) is 35.7 Å². The van der Waals surface area contributed by atoms with Crippen LogP contribution in [0.15, 0.2) is 42.7 Å². The van der Waals surface area contributed by atoms with E-state index in [2.05, 4.69) is 4.98 Å². The van der Waals surface area contributed by atoms with Gasteiger partial charge >= 0.3 is 0 Å². The van der Waals surface area contributed by atoms with Crippen molar-refractivity contribution >= 4 is 5.91 Å². The second kappa shape index (κ2) is 8.67. The van der Waals surface area contributed by atoms with Gasteiger partial charge in [-0.25, -0.2) is 0 Å². The maximum Gasteiger partial charge on any atom is 0.229 e. The third kappa shape index (κ3) is 4.14. The fourth-order valence-corrected chi connectivity index (χ4v) is 3.15. The molecule has 1 aliphatic heterocycles. The molecule has 26 heavy (non-hydrogen) atoms. The number of hydrogen-bond donors (Lipinski definition) is 0. The van der Waals surface area contributed by atoms with Crippen LogP contribution in [0, 0.1) is 5.92 Å². The van der Waals surface area contributed by atoms with Gasteiger partial charge in [-0.3, -0.25) is 9.78 Å². The molecule has 1 aliphatic rings. The predicted octanol–water partition coefficient (Wildman–Crippen LogP) is 2.32. The van der Waals surface area contributed by atoms with Crippen LogP contribution in [0.25, 0.3) is 0 Å². The Bertz CT molecular complexity index is 736. The summed E-state index contributed by atoms with van der Waals surface area (Å²) in [6.07, 6.45) is 4.12. The van der Waals surface area contributed by atoms with Gasteiger partial charge in [0.25, 0.3) is 0 Å². The monoisotopic (exact) mass is 356 g/mol. The Labute approximate surface area is 153 Å². The van der Waals surface area contributed by atoms with E-state index in [9.17, 15) is 4.79 Å². The largest absolute Gasteiger partial charge is 0.493 e. The minimum absolute atomic E-state index is 0.0762. The normalized spacial score (nSPS) is 15.7. The van der Waals surface area contributed by atoms with Gasteiger partial charge in [0.05, 0.1) is 19.6 Å². The fourth-order valence-electron chi connectivity index (χ4n) is 3.15. The van der Waals surface area contributed by atoms with Crippen molar-refractivity contribution in [2.75, 3.05) is 34.0 Å². The first-order valence-electron chi connectivity index (χ1n) is 8.68. The number of rotatable bonds is 7. The Morgan fingerprint density at radius 2 is 2.08 bits per heavy atom. The molecule has 1 amide bonds. The van der Waals surface area contributed by atoms with Crippen LogP contribution in [0.4, 0.5) is 0 Å². The van der Waals surface area contributed by atoms with E-state index in [1.165, 1.54) is 0 Å². The van der Waals surface area contributed by atoms with E-state index in [0.717, 1.165) is 16.9 Å². The second-order valence-corrected chi connectivity index (χ2v) is 6.27. The zero-order valence-electron chi connectivity index (χ0n) is 15.2. The van der Waals surface area contributed by atoms with Crippen LogP contribution in [0.5, 0.6) is 11.5 Å². The number of methoxy groups -OCH3 is 2. The highest BCUT2D eigenvalue weighted by atomic mass is 16.5. The van der Waals surface area contributed by atoms with Crippen LogP contribution in [0.1, 0.15) is 11.1 Å². The molecule has 0 saturated heterocycles. The van der Waals surface area contributed by atoms with Crippen LogP contribution in [0.2, 0.25) is 0 Å². The SMILES string of the molecule is COCCN(Cc1ccncc1)C(=O)[C@@H]1COc2c(cccc2OC)C1. The molecule has 2 heterocycles. The first kappa shape index (κ1) is 18.2. The number of amides is 1. The Morgan fingerprint density at radius 3 is 2.81 bits per heavy atom. The number of nitrogens with zero attached hydrogens (tertiary/aromatic N) is 2. The lowest BCUT2D eigenvalue weighted by Crippen LogP contribution is -2.42. The molecule has 0 saturated carbocycles. The minimum Gasteiger partial charge on any atom is -0.493 e. The molecule has 0 spiro atoms. The van der Waals surface area contributed by atoms with Gasteiger partial charge in [0.15, 0.2) is 11.5 Å². The van der Waals surface area contributed by atoms with Gasteiger partial charge in [0.2, 0.25) is 5.91 Å². The van der Waals surface area contributed by atoms with E-state index in [1.54, 1.807) is 26.6 Å². The molecule has 6 nitrogen and oxygen atoms in total. The molecule has 0 unspecified atom stereocenters. The average Bonchev–Trinajstić information content (AvgIpc) is 2.70. The maximum absolute atomic E-state index is 13.1. The molecular formula is C20H24N2O4.